The summed E-state index contributed by atoms with van der Waals surface area (Å²) in [6.45, 7) is 2.52. The number of hydrogen-bond donors (Lipinski definition) is 3. The lowest BCUT2D eigenvalue weighted by molar-refractivity contribution is -0.268. The van der Waals surface area contributed by atoms with Crippen LogP contribution in [0.15, 0.2) is 84.5 Å². The molecule has 1 fully saturated rings. The highest BCUT2D eigenvalue weighted by atomic mass is 32.2. The van der Waals surface area contributed by atoms with Crippen molar-refractivity contribution in [1.29, 1.82) is 0 Å². The van der Waals surface area contributed by atoms with Crippen LogP contribution in [0.4, 0.5) is 0 Å². The summed E-state index contributed by atoms with van der Waals surface area (Å²) in [5, 5.41) is 19.9. The molecule has 4 atom stereocenters. The van der Waals surface area contributed by atoms with Gasteiger partial charge in [-0.3, -0.25) is 14.9 Å². The average molecular weight is 532 g/mol. The van der Waals surface area contributed by atoms with E-state index < -0.39 is 6.29 Å². The van der Waals surface area contributed by atoms with E-state index in [1.54, 1.807) is 36.3 Å². The van der Waals surface area contributed by atoms with Gasteiger partial charge in [0.05, 0.1) is 24.4 Å². The number of nitrogens with one attached hydrogen (secondary N) is 2. The van der Waals surface area contributed by atoms with Gasteiger partial charge >= 0.3 is 0 Å². The van der Waals surface area contributed by atoms with Gasteiger partial charge in [0.1, 0.15) is 6.33 Å². The number of aromatic nitrogens is 4. The van der Waals surface area contributed by atoms with Crippen LogP contribution in [-0.4, -0.2) is 43.0 Å². The van der Waals surface area contributed by atoms with E-state index in [0.717, 1.165) is 27.4 Å². The fraction of sp³-hybridized carbons (Fsp3) is 0.286. The van der Waals surface area contributed by atoms with Crippen LogP contribution in [-0.2, 0) is 22.6 Å². The molecule has 0 spiro atoms. The van der Waals surface area contributed by atoms with Crippen LogP contribution >= 0.6 is 11.8 Å². The second-order valence-corrected chi connectivity index (χ2v) is 10.1. The third-order valence-electron chi connectivity index (χ3n) is 6.53. The molecule has 1 amide bonds. The molecule has 2 aromatic carbocycles. The van der Waals surface area contributed by atoms with Crippen molar-refractivity contribution in [3.05, 3.63) is 107 Å². The third-order valence-corrected chi connectivity index (χ3v) is 7.49. The first-order valence-corrected chi connectivity index (χ1v) is 13.3. The Morgan fingerprint density at radius 1 is 1.05 bits per heavy atom. The lowest BCUT2D eigenvalue weighted by Crippen LogP contribution is -2.38. The number of aromatic amines is 1. The summed E-state index contributed by atoms with van der Waals surface area (Å²) in [6.07, 6.45) is 3.81. The summed E-state index contributed by atoms with van der Waals surface area (Å²) >= 11 is 1.56. The van der Waals surface area contributed by atoms with Gasteiger partial charge in [0.25, 0.3) is 5.91 Å². The zero-order valence-corrected chi connectivity index (χ0v) is 21.7. The van der Waals surface area contributed by atoms with Gasteiger partial charge in [0.2, 0.25) is 0 Å². The molecule has 5 rings (SSSR count). The van der Waals surface area contributed by atoms with Crippen molar-refractivity contribution in [3.8, 4) is 0 Å². The maximum absolute atomic E-state index is 12.3. The van der Waals surface area contributed by atoms with Crippen LogP contribution in [0.5, 0.6) is 0 Å². The van der Waals surface area contributed by atoms with Crippen LogP contribution in [0.3, 0.4) is 0 Å². The van der Waals surface area contributed by atoms with Gasteiger partial charge in [0.15, 0.2) is 11.4 Å². The number of carbonyl (C=O) groups is 1. The molecular weight excluding hydrogens is 502 g/mol. The average Bonchev–Trinajstić information content (AvgIpc) is 3.50. The van der Waals surface area contributed by atoms with Crippen molar-refractivity contribution in [2.24, 2.45) is 5.92 Å². The van der Waals surface area contributed by atoms with Gasteiger partial charge in [-0.1, -0.05) is 67.2 Å². The van der Waals surface area contributed by atoms with Crippen LogP contribution in [0.2, 0.25) is 0 Å². The standard InChI is InChI=1S/C28H29N5O4S/c1-18-24(16-38-28-31-17-32-33-28)36-27(37-25(18)21-8-6-20(15-34)7-9-21)22-10-4-19(5-11-22)13-30-26(35)23-3-2-12-29-14-23/h2-12,14,17-18,24-25,27,34H,13,15-16H2,1H3,(H,30,35)(H,31,32,33)/t18-,24+,25+,27+/m1/s1. The molecule has 1 aliphatic heterocycles. The smallest absolute Gasteiger partial charge is 0.253 e. The number of aliphatic hydroxyl groups excluding tert-OH is 1. The second kappa shape index (κ2) is 12.3. The highest BCUT2D eigenvalue weighted by Crippen LogP contribution is 2.42. The molecule has 3 heterocycles. The minimum atomic E-state index is -0.562. The number of H-pyrrole nitrogens is 1. The number of rotatable bonds is 9. The van der Waals surface area contributed by atoms with E-state index >= 15 is 0 Å². The molecule has 0 saturated carbocycles. The van der Waals surface area contributed by atoms with Gasteiger partial charge in [-0.05, 0) is 28.8 Å². The maximum atomic E-state index is 12.3. The van der Waals surface area contributed by atoms with E-state index in [-0.39, 0.29) is 30.6 Å². The van der Waals surface area contributed by atoms with E-state index in [4.69, 9.17) is 9.47 Å². The normalized spacial score (nSPS) is 21.2. The highest BCUT2D eigenvalue weighted by molar-refractivity contribution is 7.99. The van der Waals surface area contributed by atoms with Crippen LogP contribution in [0.1, 0.15) is 51.9 Å². The molecule has 0 aliphatic carbocycles. The first-order chi connectivity index (χ1) is 18.6. The fourth-order valence-corrected chi connectivity index (χ4v) is 5.25. The number of nitrogens with zero attached hydrogens (tertiary/aromatic N) is 3. The molecule has 38 heavy (non-hydrogen) atoms. The van der Waals surface area contributed by atoms with Gasteiger partial charge in [-0.15, -0.1) is 0 Å². The van der Waals surface area contributed by atoms with E-state index in [9.17, 15) is 9.90 Å². The number of thioether (sulfide) groups is 1. The Kier molecular flexibility index (Phi) is 8.44. The van der Waals surface area contributed by atoms with Crippen molar-refractivity contribution >= 4 is 17.7 Å². The molecular formula is C28H29N5O4S. The molecule has 4 aromatic rings. The molecule has 1 aliphatic rings. The molecule has 0 radical (unpaired) electrons. The first-order valence-electron chi connectivity index (χ1n) is 12.4. The Morgan fingerprint density at radius 3 is 2.50 bits per heavy atom. The molecule has 10 heteroatoms. The van der Waals surface area contributed by atoms with E-state index in [1.807, 2.05) is 48.5 Å². The highest BCUT2D eigenvalue weighted by Gasteiger charge is 2.38. The number of carbonyl (C=O) groups excluding carboxylic acids is 1. The van der Waals surface area contributed by atoms with Crippen molar-refractivity contribution in [2.45, 2.75) is 43.7 Å². The Hall–Kier alpha value is -3.57. The topological polar surface area (TPSA) is 122 Å². The Balaban J connectivity index is 1.29. The minimum absolute atomic E-state index is 0.00141. The summed E-state index contributed by atoms with van der Waals surface area (Å²) in [5.41, 5.74) is 4.27. The first kappa shape index (κ1) is 26.1. The summed E-state index contributed by atoms with van der Waals surface area (Å²) < 4.78 is 13.0. The lowest BCUT2D eigenvalue weighted by atomic mass is 9.91. The molecule has 2 aromatic heterocycles. The molecule has 0 unspecified atom stereocenters. The van der Waals surface area contributed by atoms with E-state index in [1.165, 1.54) is 6.33 Å². The summed E-state index contributed by atoms with van der Waals surface area (Å²) in [7, 11) is 0. The molecule has 9 nitrogen and oxygen atoms in total. The van der Waals surface area contributed by atoms with Crippen LogP contribution in [0.25, 0.3) is 0 Å². The third kappa shape index (κ3) is 6.28. The summed E-state index contributed by atoms with van der Waals surface area (Å²) in [5.74, 6) is 0.584. The molecule has 0 bridgehead atoms. The maximum Gasteiger partial charge on any atom is 0.253 e. The van der Waals surface area contributed by atoms with Crippen LogP contribution < -0.4 is 5.32 Å². The van der Waals surface area contributed by atoms with Gasteiger partial charge in [-0.2, -0.15) is 5.10 Å². The zero-order valence-electron chi connectivity index (χ0n) is 20.9. The summed E-state index contributed by atoms with van der Waals surface area (Å²) in [6, 6.07) is 19.2. The quantitative estimate of drug-likeness (QED) is 0.275. The number of pyridine rings is 1. The number of amides is 1. The Labute approximate surface area is 225 Å². The number of ether oxygens (including phenoxy) is 2. The predicted octanol–water partition coefficient (Wildman–Crippen LogP) is 4.21. The molecule has 1 saturated heterocycles. The zero-order chi connectivity index (χ0) is 26.3. The Morgan fingerprint density at radius 2 is 1.82 bits per heavy atom. The molecule has 3 N–H and O–H groups in total. The SMILES string of the molecule is C[C@@H]1[C@H](CSc2ncn[nH]2)O[C@H](c2ccc(CNC(=O)c3cccnc3)cc2)O[C@@H]1c1ccc(CO)cc1. The largest absolute Gasteiger partial charge is 0.392 e. The lowest BCUT2D eigenvalue weighted by Gasteiger charge is -2.41. The van der Waals surface area contributed by atoms with Gasteiger partial charge in [0, 0.05) is 36.2 Å². The van der Waals surface area contributed by atoms with Gasteiger partial charge < -0.3 is 19.9 Å². The van der Waals surface area contributed by atoms with Crippen molar-refractivity contribution in [1.82, 2.24) is 25.5 Å². The number of benzene rings is 2. The van der Waals surface area contributed by atoms with Crippen LogP contribution in [0, 0.1) is 5.92 Å². The summed E-state index contributed by atoms with van der Waals surface area (Å²) in [4.78, 5) is 20.5. The Bertz CT molecular complexity index is 1300. The second-order valence-electron chi connectivity index (χ2n) is 9.09. The van der Waals surface area contributed by atoms with E-state index in [2.05, 4.69) is 32.4 Å². The van der Waals surface area contributed by atoms with Crippen molar-refractivity contribution < 1.29 is 19.4 Å². The predicted molar refractivity (Wildman–Crippen MR) is 142 cm³/mol. The number of aliphatic hydroxyl groups is 1. The van der Waals surface area contributed by atoms with Crippen molar-refractivity contribution in [3.63, 3.8) is 0 Å². The van der Waals surface area contributed by atoms with Gasteiger partial charge in [-0.25, -0.2) is 4.98 Å². The van der Waals surface area contributed by atoms with E-state index in [0.29, 0.717) is 17.9 Å². The molecule has 196 valence electrons. The monoisotopic (exact) mass is 531 g/mol. The van der Waals surface area contributed by atoms with Crippen molar-refractivity contribution in [2.75, 3.05) is 5.75 Å². The number of hydrogen-bond acceptors (Lipinski definition) is 8. The minimum Gasteiger partial charge on any atom is -0.392 e. The fourth-order valence-electron chi connectivity index (χ4n) is 4.31.